The molecule has 0 unspecified atom stereocenters. The van der Waals surface area contributed by atoms with E-state index in [0.29, 0.717) is 11.6 Å². The number of nitro benzene ring substituents is 1. The Balaban J connectivity index is 0.00000300. The molecule has 0 aliphatic rings. The first-order valence-electron chi connectivity index (χ1n) is 9.09. The summed E-state index contributed by atoms with van der Waals surface area (Å²) in [7, 11) is 1.63. The third kappa shape index (κ3) is 4.81. The lowest BCUT2D eigenvalue weighted by Gasteiger charge is -2.22. The van der Waals surface area contributed by atoms with Gasteiger partial charge in [-0.25, -0.2) is 9.97 Å². The fourth-order valence-electron chi connectivity index (χ4n) is 3.01. The van der Waals surface area contributed by atoms with Crippen LogP contribution < -0.4 is 9.64 Å². The summed E-state index contributed by atoms with van der Waals surface area (Å²) in [4.78, 5) is 21.9. The average molecular weight is 415 g/mol. The molecule has 0 fully saturated rings. The van der Waals surface area contributed by atoms with Gasteiger partial charge in [0.2, 0.25) is 0 Å². The zero-order valence-electron chi connectivity index (χ0n) is 16.5. The van der Waals surface area contributed by atoms with Crippen molar-refractivity contribution in [3.05, 3.63) is 64.0 Å². The summed E-state index contributed by atoms with van der Waals surface area (Å²) in [6.07, 6.45) is 3.65. The summed E-state index contributed by atoms with van der Waals surface area (Å²) < 4.78 is 5.49. The van der Waals surface area contributed by atoms with Crippen LogP contribution in [0.2, 0.25) is 0 Å². The highest BCUT2D eigenvalue weighted by Crippen LogP contribution is 2.30. The molecule has 3 aromatic rings. The number of para-hydroxylation sites is 1. The molecule has 8 heteroatoms. The Kier molecular flexibility index (Phi) is 7.50. The van der Waals surface area contributed by atoms with E-state index in [0.717, 1.165) is 35.4 Å². The van der Waals surface area contributed by atoms with E-state index in [9.17, 15) is 10.1 Å². The average Bonchev–Trinajstić information content (AvgIpc) is 2.73. The Morgan fingerprint density at radius 2 is 1.76 bits per heavy atom. The molecule has 0 radical (unpaired) electrons. The van der Waals surface area contributed by atoms with Gasteiger partial charge >= 0.3 is 0 Å². The number of methoxy groups -OCH3 is 1. The minimum Gasteiger partial charge on any atom is -0.494 e. The molecule has 0 amide bonds. The van der Waals surface area contributed by atoms with Crippen molar-refractivity contribution in [1.82, 2.24) is 9.97 Å². The van der Waals surface area contributed by atoms with E-state index < -0.39 is 4.92 Å². The van der Waals surface area contributed by atoms with Crippen LogP contribution in [-0.4, -0.2) is 35.1 Å². The maximum Gasteiger partial charge on any atom is 0.269 e. The van der Waals surface area contributed by atoms with Crippen LogP contribution >= 0.6 is 12.4 Å². The first-order valence-corrected chi connectivity index (χ1v) is 9.09. The van der Waals surface area contributed by atoms with Crippen LogP contribution in [0.15, 0.2) is 42.5 Å². The molecular formula is C21H23ClN4O3. The van der Waals surface area contributed by atoms with E-state index in [2.05, 4.69) is 23.7 Å². The largest absolute Gasteiger partial charge is 0.494 e. The minimum atomic E-state index is -0.414. The number of ether oxygens (including phenoxy) is 1. The van der Waals surface area contributed by atoms with Crippen LogP contribution in [0.3, 0.4) is 0 Å². The molecule has 0 saturated carbocycles. The van der Waals surface area contributed by atoms with Crippen molar-refractivity contribution in [2.24, 2.45) is 0 Å². The number of fused-ring (bicyclic) bond motifs is 1. The van der Waals surface area contributed by atoms with Crippen molar-refractivity contribution < 1.29 is 9.66 Å². The monoisotopic (exact) mass is 414 g/mol. The Hall–Kier alpha value is -3.19. The summed E-state index contributed by atoms with van der Waals surface area (Å²) in [5.74, 6) is 2.10. The second-order valence-electron chi connectivity index (χ2n) is 6.12. The molecule has 152 valence electrons. The first-order chi connectivity index (χ1) is 13.6. The maximum absolute atomic E-state index is 10.8. The van der Waals surface area contributed by atoms with Crippen LogP contribution in [0.4, 0.5) is 11.5 Å². The van der Waals surface area contributed by atoms with Crippen molar-refractivity contribution in [1.29, 1.82) is 0 Å². The van der Waals surface area contributed by atoms with E-state index in [-0.39, 0.29) is 18.1 Å². The van der Waals surface area contributed by atoms with Gasteiger partial charge < -0.3 is 9.64 Å². The Bertz CT molecular complexity index is 1020. The molecule has 1 heterocycles. The lowest BCUT2D eigenvalue weighted by Crippen LogP contribution is -2.23. The topological polar surface area (TPSA) is 81.4 Å². The Morgan fingerprint density at radius 3 is 2.34 bits per heavy atom. The van der Waals surface area contributed by atoms with Crippen molar-refractivity contribution in [3.63, 3.8) is 0 Å². The van der Waals surface area contributed by atoms with Crippen LogP contribution in [0.5, 0.6) is 5.75 Å². The normalized spacial score (nSPS) is 10.7. The van der Waals surface area contributed by atoms with E-state index in [4.69, 9.17) is 9.72 Å². The van der Waals surface area contributed by atoms with Gasteiger partial charge in [-0.15, -0.1) is 12.4 Å². The number of nitrogens with zero attached hydrogens (tertiary/aromatic N) is 4. The number of halogens is 1. The first kappa shape index (κ1) is 22.1. The highest BCUT2D eigenvalue weighted by Gasteiger charge is 2.14. The van der Waals surface area contributed by atoms with Crippen molar-refractivity contribution in [3.8, 4) is 5.75 Å². The summed E-state index contributed by atoms with van der Waals surface area (Å²) in [5, 5.41) is 11.7. The number of aromatic nitrogens is 2. The molecule has 0 spiro atoms. The Morgan fingerprint density at radius 1 is 1.07 bits per heavy atom. The van der Waals surface area contributed by atoms with Crippen LogP contribution in [0, 0.1) is 10.1 Å². The van der Waals surface area contributed by atoms with Crippen LogP contribution in [-0.2, 0) is 0 Å². The maximum atomic E-state index is 10.8. The number of hydrogen-bond acceptors (Lipinski definition) is 6. The molecule has 0 atom stereocenters. The number of rotatable bonds is 7. The van der Waals surface area contributed by atoms with E-state index in [1.807, 2.05) is 24.3 Å². The number of non-ortho nitro benzene ring substituents is 1. The Labute approximate surface area is 175 Å². The SMILES string of the molecule is CCN(CC)c1nc(/C=C/c2ccc([N+](=O)[O-])cc2)nc2c(OC)cccc12.Cl. The molecule has 0 N–H and O–H groups in total. The number of nitro groups is 1. The standard InChI is InChI=1S/C21H22N4O3.ClH/c1-4-24(5-2)21-17-7-6-8-18(28-3)20(17)22-19(23-21)14-11-15-9-12-16(13-10-15)25(26)27;/h6-14H,4-5H2,1-3H3;1H/b14-11+;. The summed E-state index contributed by atoms with van der Waals surface area (Å²) in [6.45, 7) is 5.82. The van der Waals surface area contributed by atoms with Crippen molar-refractivity contribution >= 4 is 47.0 Å². The lowest BCUT2D eigenvalue weighted by molar-refractivity contribution is -0.384. The summed E-state index contributed by atoms with van der Waals surface area (Å²) in [5.41, 5.74) is 1.65. The molecule has 0 bridgehead atoms. The zero-order valence-corrected chi connectivity index (χ0v) is 17.3. The fraction of sp³-hybridized carbons (Fsp3) is 0.238. The van der Waals surface area contributed by atoms with Crippen molar-refractivity contribution in [2.45, 2.75) is 13.8 Å². The van der Waals surface area contributed by atoms with Gasteiger partial charge in [0.25, 0.3) is 5.69 Å². The molecule has 0 aliphatic heterocycles. The molecule has 0 saturated heterocycles. The highest BCUT2D eigenvalue weighted by atomic mass is 35.5. The quantitative estimate of drug-likeness (QED) is 0.400. The van der Waals surface area contributed by atoms with E-state index >= 15 is 0 Å². The third-order valence-corrected chi connectivity index (χ3v) is 4.50. The molecular weight excluding hydrogens is 392 g/mol. The fourth-order valence-corrected chi connectivity index (χ4v) is 3.01. The van der Waals surface area contributed by atoms with Gasteiger partial charge in [0.1, 0.15) is 17.1 Å². The van der Waals surface area contributed by atoms with E-state index in [1.165, 1.54) is 12.1 Å². The van der Waals surface area contributed by atoms with Gasteiger partial charge in [0, 0.05) is 30.6 Å². The predicted molar refractivity (Wildman–Crippen MR) is 119 cm³/mol. The molecule has 0 aliphatic carbocycles. The van der Waals surface area contributed by atoms with Gasteiger partial charge in [0.15, 0.2) is 5.82 Å². The molecule has 7 nitrogen and oxygen atoms in total. The molecule has 29 heavy (non-hydrogen) atoms. The van der Waals surface area contributed by atoms with Gasteiger partial charge in [-0.05, 0) is 49.8 Å². The summed E-state index contributed by atoms with van der Waals surface area (Å²) >= 11 is 0. The van der Waals surface area contributed by atoms with Gasteiger partial charge in [-0.1, -0.05) is 12.1 Å². The van der Waals surface area contributed by atoms with Gasteiger partial charge in [-0.3, -0.25) is 10.1 Å². The van der Waals surface area contributed by atoms with Crippen molar-refractivity contribution in [2.75, 3.05) is 25.1 Å². The number of hydrogen-bond donors (Lipinski definition) is 0. The summed E-state index contributed by atoms with van der Waals surface area (Å²) in [6, 6.07) is 12.2. The van der Waals surface area contributed by atoms with Gasteiger partial charge in [0.05, 0.1) is 12.0 Å². The zero-order chi connectivity index (χ0) is 20.1. The predicted octanol–water partition coefficient (Wildman–Crippen LogP) is 4.99. The molecule has 2 aromatic carbocycles. The third-order valence-electron chi connectivity index (χ3n) is 4.50. The second kappa shape index (κ2) is 9.84. The highest BCUT2D eigenvalue weighted by molar-refractivity contribution is 5.94. The lowest BCUT2D eigenvalue weighted by atomic mass is 10.2. The second-order valence-corrected chi connectivity index (χ2v) is 6.12. The molecule has 1 aromatic heterocycles. The van der Waals surface area contributed by atoms with Crippen LogP contribution in [0.25, 0.3) is 23.1 Å². The number of benzene rings is 2. The van der Waals surface area contributed by atoms with Crippen LogP contribution in [0.1, 0.15) is 25.2 Å². The van der Waals surface area contributed by atoms with Gasteiger partial charge in [-0.2, -0.15) is 0 Å². The van der Waals surface area contributed by atoms with E-state index in [1.54, 1.807) is 25.3 Å². The number of anilines is 1. The minimum absolute atomic E-state index is 0. The molecule has 3 rings (SSSR count). The smallest absolute Gasteiger partial charge is 0.269 e.